The fourth-order valence-corrected chi connectivity index (χ4v) is 3.33. The normalized spacial score (nSPS) is 14.9. The first-order valence-electron chi connectivity index (χ1n) is 8.64. The third-order valence-corrected chi connectivity index (χ3v) is 4.38. The van der Waals surface area contributed by atoms with Crippen molar-refractivity contribution >= 4 is 23.0 Å². The Hall–Kier alpha value is -2.70. The van der Waals surface area contributed by atoms with Crippen LogP contribution in [0.1, 0.15) is 36.8 Å². The fraction of sp³-hybridized carbons (Fsp3) is 0.444. The van der Waals surface area contributed by atoms with Gasteiger partial charge in [0, 0.05) is 18.8 Å². The molecule has 0 aliphatic carbocycles. The zero-order valence-electron chi connectivity index (χ0n) is 14.7. The van der Waals surface area contributed by atoms with Crippen molar-refractivity contribution in [3.8, 4) is 0 Å². The van der Waals surface area contributed by atoms with Crippen molar-refractivity contribution in [2.45, 2.75) is 39.5 Å². The molecule has 3 rings (SSSR count). The summed E-state index contributed by atoms with van der Waals surface area (Å²) >= 11 is 0. The summed E-state index contributed by atoms with van der Waals surface area (Å²) in [4.78, 5) is 21.8. The standard InChI is InChI=1S/C18H23N5O2/c1-13-9-14(2)11-15(10-13)21-17-16(23(24)25)18(20-12-19-17)22-7-5-3-4-6-8-22/h9-12H,3-8H2,1-2H3,(H,19,20,21). The van der Waals surface area contributed by atoms with Crippen LogP contribution in [0.15, 0.2) is 24.5 Å². The topological polar surface area (TPSA) is 84.2 Å². The van der Waals surface area contributed by atoms with Gasteiger partial charge < -0.3 is 10.2 Å². The molecule has 1 aliphatic rings. The number of aromatic nitrogens is 2. The third-order valence-electron chi connectivity index (χ3n) is 4.38. The van der Waals surface area contributed by atoms with Crippen LogP contribution in [-0.4, -0.2) is 28.0 Å². The second-order valence-electron chi connectivity index (χ2n) is 6.55. The molecule has 132 valence electrons. The van der Waals surface area contributed by atoms with E-state index in [9.17, 15) is 10.1 Å². The first-order chi connectivity index (χ1) is 12.0. The predicted molar refractivity (Wildman–Crippen MR) is 98.6 cm³/mol. The minimum Gasteiger partial charge on any atom is -0.351 e. The Morgan fingerprint density at radius 1 is 1.04 bits per heavy atom. The van der Waals surface area contributed by atoms with Crippen molar-refractivity contribution in [1.82, 2.24) is 9.97 Å². The third kappa shape index (κ3) is 4.04. The Labute approximate surface area is 147 Å². The maximum atomic E-state index is 11.8. The van der Waals surface area contributed by atoms with Crippen molar-refractivity contribution in [3.63, 3.8) is 0 Å². The number of anilines is 3. The molecule has 2 aromatic rings. The number of nitrogens with zero attached hydrogens (tertiary/aromatic N) is 4. The molecule has 1 aromatic carbocycles. The molecule has 2 heterocycles. The van der Waals surface area contributed by atoms with Gasteiger partial charge in [0.1, 0.15) is 6.33 Å². The smallest absolute Gasteiger partial charge is 0.351 e. The number of rotatable bonds is 4. The van der Waals surface area contributed by atoms with E-state index in [2.05, 4.69) is 21.4 Å². The van der Waals surface area contributed by atoms with Crippen LogP contribution in [0.25, 0.3) is 0 Å². The summed E-state index contributed by atoms with van der Waals surface area (Å²) in [6.07, 6.45) is 5.77. The largest absolute Gasteiger partial charge is 0.353 e. The monoisotopic (exact) mass is 341 g/mol. The molecular formula is C18H23N5O2. The molecule has 0 spiro atoms. The lowest BCUT2D eigenvalue weighted by Gasteiger charge is -2.21. The highest BCUT2D eigenvalue weighted by Gasteiger charge is 2.27. The van der Waals surface area contributed by atoms with Gasteiger partial charge >= 0.3 is 5.69 Å². The minimum absolute atomic E-state index is 0.0523. The summed E-state index contributed by atoms with van der Waals surface area (Å²) in [5, 5.41) is 14.9. The average Bonchev–Trinajstić information content (AvgIpc) is 2.82. The van der Waals surface area contributed by atoms with Crippen LogP contribution in [0.4, 0.5) is 23.0 Å². The summed E-state index contributed by atoms with van der Waals surface area (Å²) in [6.45, 7) is 5.58. The van der Waals surface area contributed by atoms with E-state index < -0.39 is 0 Å². The van der Waals surface area contributed by atoms with E-state index >= 15 is 0 Å². The number of aryl methyl sites for hydroxylation is 2. The molecular weight excluding hydrogens is 318 g/mol. The first-order valence-corrected chi connectivity index (χ1v) is 8.64. The number of nitrogens with one attached hydrogen (secondary N) is 1. The Kier molecular flexibility index (Phi) is 5.11. The van der Waals surface area contributed by atoms with E-state index in [1.807, 2.05) is 30.9 Å². The molecule has 25 heavy (non-hydrogen) atoms. The van der Waals surface area contributed by atoms with E-state index in [0.29, 0.717) is 5.82 Å². The second kappa shape index (κ2) is 7.46. The van der Waals surface area contributed by atoms with Crippen molar-refractivity contribution in [2.24, 2.45) is 0 Å². The van der Waals surface area contributed by atoms with Gasteiger partial charge in [0.25, 0.3) is 0 Å². The highest BCUT2D eigenvalue weighted by Crippen LogP contribution is 2.34. The van der Waals surface area contributed by atoms with E-state index in [0.717, 1.165) is 55.6 Å². The number of benzene rings is 1. The van der Waals surface area contributed by atoms with Crippen LogP contribution >= 0.6 is 0 Å². The summed E-state index contributed by atoms with van der Waals surface area (Å²) in [6, 6.07) is 5.96. The molecule has 1 saturated heterocycles. The Bertz CT molecular complexity index is 750. The van der Waals surface area contributed by atoms with Crippen molar-refractivity contribution in [2.75, 3.05) is 23.3 Å². The minimum atomic E-state index is -0.384. The lowest BCUT2D eigenvalue weighted by Crippen LogP contribution is -2.26. The van der Waals surface area contributed by atoms with Gasteiger partial charge in [0.05, 0.1) is 4.92 Å². The lowest BCUT2D eigenvalue weighted by atomic mass is 10.1. The molecule has 0 amide bonds. The predicted octanol–water partition coefficient (Wildman–Crippen LogP) is 4.13. The Morgan fingerprint density at radius 3 is 2.28 bits per heavy atom. The average molecular weight is 341 g/mol. The molecule has 0 atom stereocenters. The molecule has 0 saturated carbocycles. The number of hydrogen-bond acceptors (Lipinski definition) is 6. The summed E-state index contributed by atoms with van der Waals surface area (Å²) in [7, 11) is 0. The highest BCUT2D eigenvalue weighted by atomic mass is 16.6. The second-order valence-corrected chi connectivity index (χ2v) is 6.55. The summed E-state index contributed by atoms with van der Waals surface area (Å²) < 4.78 is 0. The van der Waals surface area contributed by atoms with Crippen LogP contribution in [0.5, 0.6) is 0 Å². The van der Waals surface area contributed by atoms with Gasteiger partial charge in [-0.05, 0) is 49.9 Å². The van der Waals surface area contributed by atoms with Crippen molar-refractivity contribution < 1.29 is 4.92 Å². The molecule has 1 aliphatic heterocycles. The molecule has 0 unspecified atom stereocenters. The van der Waals surface area contributed by atoms with Gasteiger partial charge in [-0.1, -0.05) is 18.9 Å². The first kappa shape index (κ1) is 17.1. The van der Waals surface area contributed by atoms with Crippen molar-refractivity contribution in [1.29, 1.82) is 0 Å². The quantitative estimate of drug-likeness (QED) is 0.665. The Balaban J connectivity index is 1.98. The number of hydrogen-bond donors (Lipinski definition) is 1. The summed E-state index contributed by atoms with van der Waals surface area (Å²) in [5.41, 5.74) is 2.92. The zero-order chi connectivity index (χ0) is 17.8. The van der Waals surface area contributed by atoms with Crippen LogP contribution in [-0.2, 0) is 0 Å². The maximum Gasteiger partial charge on any atom is 0.353 e. The maximum absolute atomic E-state index is 11.8. The SMILES string of the molecule is Cc1cc(C)cc(Nc2ncnc(N3CCCCCC3)c2[N+](=O)[O-])c1. The van der Waals surface area contributed by atoms with Crippen LogP contribution in [0.3, 0.4) is 0 Å². The summed E-state index contributed by atoms with van der Waals surface area (Å²) in [5.74, 6) is 0.651. The molecule has 0 radical (unpaired) electrons. The van der Waals surface area contributed by atoms with Crippen LogP contribution in [0, 0.1) is 24.0 Å². The molecule has 1 N–H and O–H groups in total. The highest BCUT2D eigenvalue weighted by molar-refractivity contribution is 5.74. The lowest BCUT2D eigenvalue weighted by molar-refractivity contribution is -0.383. The van der Waals surface area contributed by atoms with E-state index in [1.165, 1.54) is 6.33 Å². The molecule has 7 nitrogen and oxygen atoms in total. The Morgan fingerprint density at radius 2 is 1.68 bits per heavy atom. The van der Waals surface area contributed by atoms with Crippen molar-refractivity contribution in [3.05, 3.63) is 45.8 Å². The van der Waals surface area contributed by atoms with E-state index in [4.69, 9.17) is 0 Å². The molecule has 1 aromatic heterocycles. The van der Waals surface area contributed by atoms with Crippen LogP contribution < -0.4 is 10.2 Å². The van der Waals surface area contributed by atoms with Gasteiger partial charge in [0.15, 0.2) is 0 Å². The molecule has 1 fully saturated rings. The van der Waals surface area contributed by atoms with Gasteiger partial charge in [-0.3, -0.25) is 10.1 Å². The fourth-order valence-electron chi connectivity index (χ4n) is 3.33. The molecule has 7 heteroatoms. The van der Waals surface area contributed by atoms with E-state index in [-0.39, 0.29) is 16.4 Å². The van der Waals surface area contributed by atoms with Gasteiger partial charge in [-0.2, -0.15) is 0 Å². The zero-order valence-corrected chi connectivity index (χ0v) is 14.7. The van der Waals surface area contributed by atoms with Gasteiger partial charge in [0.2, 0.25) is 11.6 Å². The van der Waals surface area contributed by atoms with Gasteiger partial charge in [-0.25, -0.2) is 9.97 Å². The van der Waals surface area contributed by atoms with Gasteiger partial charge in [-0.15, -0.1) is 0 Å². The van der Waals surface area contributed by atoms with Crippen LogP contribution in [0.2, 0.25) is 0 Å². The number of nitro groups is 1. The van der Waals surface area contributed by atoms with E-state index in [1.54, 1.807) is 0 Å². The molecule has 0 bridgehead atoms.